The summed E-state index contributed by atoms with van der Waals surface area (Å²) in [6.45, 7) is 1.91. The van der Waals surface area contributed by atoms with Crippen molar-refractivity contribution in [2.75, 3.05) is 0 Å². The zero-order valence-corrected chi connectivity index (χ0v) is 13.0. The number of nitrogens with one attached hydrogen (secondary N) is 1. The van der Waals surface area contributed by atoms with Crippen molar-refractivity contribution in [2.45, 2.75) is 13.2 Å². The van der Waals surface area contributed by atoms with Gasteiger partial charge in [-0.3, -0.25) is 0 Å². The summed E-state index contributed by atoms with van der Waals surface area (Å²) in [7, 11) is 0. The van der Waals surface area contributed by atoms with E-state index in [1.54, 1.807) is 11.6 Å². The topological polar surface area (TPSA) is 51.2 Å². The third-order valence-corrected chi connectivity index (χ3v) is 4.37. The van der Waals surface area contributed by atoms with Crippen LogP contribution in [0.3, 0.4) is 0 Å². The number of carbonyl (C=O) groups excluding carboxylic acids is 1. The van der Waals surface area contributed by atoms with Crippen LogP contribution in [-0.4, -0.2) is 11.0 Å². The molecule has 1 N–H and O–H groups in total. The number of aryl methyl sites for hydroxylation is 1. The van der Waals surface area contributed by atoms with Crippen molar-refractivity contribution in [3.63, 3.8) is 0 Å². The molecule has 1 atom stereocenters. The maximum absolute atomic E-state index is 11.9. The first-order valence-electron chi connectivity index (χ1n) is 5.98. The van der Waals surface area contributed by atoms with Crippen LogP contribution in [0.5, 0.6) is 0 Å². The summed E-state index contributed by atoms with van der Waals surface area (Å²) in [5.74, 6) is -0.342. The van der Waals surface area contributed by atoms with Crippen molar-refractivity contribution < 1.29 is 9.53 Å². The fraction of sp³-hybridized carbons (Fsp3) is 0.143. The van der Waals surface area contributed by atoms with Crippen LogP contribution in [0.4, 0.5) is 0 Å². The average Bonchev–Trinajstić information content (AvgIpc) is 2.99. The lowest BCUT2D eigenvalue weighted by atomic mass is 10.2. The van der Waals surface area contributed by atoms with E-state index in [0.717, 1.165) is 20.6 Å². The van der Waals surface area contributed by atoms with Crippen molar-refractivity contribution in [1.82, 2.24) is 10.3 Å². The van der Waals surface area contributed by atoms with Crippen molar-refractivity contribution >= 4 is 39.3 Å². The Labute approximate surface area is 128 Å². The van der Waals surface area contributed by atoms with Gasteiger partial charge >= 0.3 is 5.97 Å². The number of nitrogens with zero attached hydrogens (tertiary/aromatic N) is 1. The third-order valence-electron chi connectivity index (χ3n) is 2.96. The molecule has 0 spiro atoms. The Bertz CT molecular complexity index is 679. The van der Waals surface area contributed by atoms with Gasteiger partial charge in [0.05, 0.1) is 16.1 Å². The first kappa shape index (κ1) is 13.3. The standard InChI is InChI=1S/C14H11BrN2O2S/c1-8-12(20-7-16-8)6-11-14(18)19-13(17-11)9-2-4-10(15)5-3-9/h2-7,13,17H,1H3/b11-6+. The van der Waals surface area contributed by atoms with Crippen LogP contribution in [-0.2, 0) is 9.53 Å². The molecule has 0 amide bonds. The van der Waals surface area contributed by atoms with Crippen LogP contribution >= 0.6 is 27.3 Å². The molecule has 1 unspecified atom stereocenters. The van der Waals surface area contributed by atoms with Crippen LogP contribution in [0.1, 0.15) is 22.4 Å². The smallest absolute Gasteiger partial charge is 0.356 e. The minimum absolute atomic E-state index is 0.342. The predicted molar refractivity (Wildman–Crippen MR) is 80.9 cm³/mol. The fourth-order valence-electron chi connectivity index (χ4n) is 1.87. The van der Waals surface area contributed by atoms with Gasteiger partial charge in [0, 0.05) is 10.0 Å². The van der Waals surface area contributed by atoms with Gasteiger partial charge in [-0.25, -0.2) is 9.78 Å². The first-order chi connectivity index (χ1) is 9.63. The summed E-state index contributed by atoms with van der Waals surface area (Å²) in [6.07, 6.45) is 1.35. The van der Waals surface area contributed by atoms with E-state index < -0.39 is 6.23 Å². The van der Waals surface area contributed by atoms with Crippen molar-refractivity contribution in [1.29, 1.82) is 0 Å². The summed E-state index contributed by atoms with van der Waals surface area (Å²) < 4.78 is 6.33. The molecule has 1 aliphatic heterocycles. The Balaban J connectivity index is 1.84. The summed E-state index contributed by atoms with van der Waals surface area (Å²) in [6, 6.07) is 7.66. The van der Waals surface area contributed by atoms with E-state index in [9.17, 15) is 4.79 Å². The van der Waals surface area contributed by atoms with E-state index >= 15 is 0 Å². The Morgan fingerprint density at radius 3 is 2.80 bits per heavy atom. The second kappa shape index (κ2) is 5.38. The molecule has 0 aliphatic carbocycles. The highest BCUT2D eigenvalue weighted by Gasteiger charge is 2.29. The molecule has 4 nitrogen and oxygen atoms in total. The number of ether oxygens (including phenoxy) is 1. The highest BCUT2D eigenvalue weighted by atomic mass is 79.9. The SMILES string of the molecule is Cc1ncsc1/C=C1/NC(c2ccc(Br)cc2)OC1=O. The lowest BCUT2D eigenvalue weighted by Crippen LogP contribution is -2.12. The monoisotopic (exact) mass is 350 g/mol. The number of thiazole rings is 1. The average molecular weight is 351 g/mol. The molecule has 2 aromatic rings. The van der Waals surface area contributed by atoms with Crippen LogP contribution in [0, 0.1) is 6.92 Å². The van der Waals surface area contributed by atoms with Gasteiger partial charge in [0.25, 0.3) is 0 Å². The lowest BCUT2D eigenvalue weighted by Gasteiger charge is -2.09. The number of hydrogen-bond donors (Lipinski definition) is 1. The van der Waals surface area contributed by atoms with Gasteiger partial charge in [0.1, 0.15) is 5.70 Å². The maximum atomic E-state index is 11.9. The molecule has 1 aromatic carbocycles. The maximum Gasteiger partial charge on any atom is 0.356 e. The van der Waals surface area contributed by atoms with Crippen molar-refractivity contribution in [2.24, 2.45) is 0 Å². The molecule has 0 bridgehead atoms. The Morgan fingerprint density at radius 2 is 2.15 bits per heavy atom. The number of carbonyl (C=O) groups is 1. The zero-order valence-electron chi connectivity index (χ0n) is 10.6. The van der Waals surface area contributed by atoms with E-state index in [1.165, 1.54) is 11.3 Å². The minimum Gasteiger partial charge on any atom is -0.433 e. The number of aromatic nitrogens is 1. The van der Waals surface area contributed by atoms with E-state index in [2.05, 4.69) is 26.2 Å². The van der Waals surface area contributed by atoms with Gasteiger partial charge in [0.15, 0.2) is 6.23 Å². The molecule has 6 heteroatoms. The number of rotatable bonds is 2. The van der Waals surface area contributed by atoms with Crippen LogP contribution in [0.25, 0.3) is 6.08 Å². The van der Waals surface area contributed by atoms with Crippen LogP contribution in [0.2, 0.25) is 0 Å². The second-order valence-electron chi connectivity index (χ2n) is 4.34. The van der Waals surface area contributed by atoms with Gasteiger partial charge in [-0.05, 0) is 25.1 Å². The van der Waals surface area contributed by atoms with Gasteiger partial charge in [-0.2, -0.15) is 0 Å². The van der Waals surface area contributed by atoms with Gasteiger partial charge in [-0.15, -0.1) is 11.3 Å². The normalized spacial score (nSPS) is 20.0. The molecule has 20 heavy (non-hydrogen) atoms. The molecule has 0 saturated carbocycles. The summed E-state index contributed by atoms with van der Waals surface area (Å²) >= 11 is 4.88. The molecular formula is C14H11BrN2O2S. The first-order valence-corrected chi connectivity index (χ1v) is 7.65. The highest BCUT2D eigenvalue weighted by molar-refractivity contribution is 9.10. The summed E-state index contributed by atoms with van der Waals surface area (Å²) in [5, 5.41) is 3.09. The molecule has 1 aromatic heterocycles. The minimum atomic E-state index is -0.435. The number of cyclic esters (lactones) is 1. The van der Waals surface area contributed by atoms with E-state index in [1.807, 2.05) is 31.2 Å². The molecule has 0 radical (unpaired) electrons. The number of esters is 1. The molecule has 2 heterocycles. The third kappa shape index (κ3) is 2.62. The fourth-order valence-corrected chi connectivity index (χ4v) is 2.87. The van der Waals surface area contributed by atoms with E-state index in [-0.39, 0.29) is 5.97 Å². The zero-order chi connectivity index (χ0) is 14.1. The Morgan fingerprint density at radius 1 is 1.40 bits per heavy atom. The quantitative estimate of drug-likeness (QED) is 0.666. The van der Waals surface area contributed by atoms with Gasteiger partial charge < -0.3 is 10.1 Å². The molecule has 1 fully saturated rings. The molecule has 1 aliphatic rings. The van der Waals surface area contributed by atoms with E-state index in [0.29, 0.717) is 5.70 Å². The second-order valence-corrected chi connectivity index (χ2v) is 6.14. The number of hydrogen-bond acceptors (Lipinski definition) is 5. The van der Waals surface area contributed by atoms with Crippen LogP contribution in [0.15, 0.2) is 39.9 Å². The Kier molecular flexibility index (Phi) is 3.58. The Hall–Kier alpha value is -1.66. The largest absolute Gasteiger partial charge is 0.433 e. The molecule has 102 valence electrons. The number of halogens is 1. The van der Waals surface area contributed by atoms with Gasteiger partial charge in [0.2, 0.25) is 0 Å². The van der Waals surface area contributed by atoms with Crippen molar-refractivity contribution in [3.05, 3.63) is 56.1 Å². The lowest BCUT2D eigenvalue weighted by molar-refractivity contribution is -0.139. The van der Waals surface area contributed by atoms with E-state index in [4.69, 9.17) is 4.74 Å². The highest BCUT2D eigenvalue weighted by Crippen LogP contribution is 2.26. The summed E-state index contributed by atoms with van der Waals surface area (Å²) in [5.41, 5.74) is 4.04. The molecule has 3 rings (SSSR count). The van der Waals surface area contributed by atoms with Gasteiger partial charge in [-0.1, -0.05) is 28.1 Å². The van der Waals surface area contributed by atoms with Crippen molar-refractivity contribution in [3.8, 4) is 0 Å². The number of benzene rings is 1. The predicted octanol–water partition coefficient (Wildman–Crippen LogP) is 3.40. The summed E-state index contributed by atoms with van der Waals surface area (Å²) in [4.78, 5) is 17.0. The molecular weight excluding hydrogens is 340 g/mol. The van der Waals surface area contributed by atoms with Crippen LogP contribution < -0.4 is 5.32 Å². The molecule has 1 saturated heterocycles.